The summed E-state index contributed by atoms with van der Waals surface area (Å²) in [7, 11) is -2.55. The van der Waals surface area contributed by atoms with Crippen LogP contribution in [0.4, 0.5) is 4.39 Å². The van der Waals surface area contributed by atoms with Crippen molar-refractivity contribution in [3.05, 3.63) is 69.9 Å². The van der Waals surface area contributed by atoms with E-state index in [0.717, 1.165) is 12.3 Å². The van der Waals surface area contributed by atoms with Gasteiger partial charge in [-0.1, -0.05) is 24.3 Å². The van der Waals surface area contributed by atoms with Crippen LogP contribution in [0.5, 0.6) is 5.75 Å². The molecule has 0 amide bonds. The molecule has 5 nitrogen and oxygen atoms in total. The first-order valence-electron chi connectivity index (χ1n) is 7.01. The largest absolute Gasteiger partial charge is 0.496 e. The van der Waals surface area contributed by atoms with Crippen LogP contribution in [-0.2, 0) is 9.84 Å². The zero-order valence-electron chi connectivity index (χ0n) is 13.4. The minimum atomic E-state index is -3.94. The van der Waals surface area contributed by atoms with Crippen molar-refractivity contribution in [1.82, 2.24) is 0 Å². The first kappa shape index (κ1) is 18.2. The molecule has 0 radical (unpaired) electrons. The summed E-state index contributed by atoms with van der Waals surface area (Å²) >= 11 is 0. The molecule has 2 rings (SSSR count). The lowest BCUT2D eigenvalue weighted by atomic mass is 9.95. The van der Waals surface area contributed by atoms with E-state index < -0.39 is 20.6 Å². The summed E-state index contributed by atoms with van der Waals surface area (Å²) in [5.74, 6) is -0.519. The molecule has 0 aliphatic rings. The maximum Gasteiger partial charge on any atom is 0.186 e. The highest BCUT2D eigenvalue weighted by Gasteiger charge is 2.24. The molecule has 0 aliphatic heterocycles. The van der Waals surface area contributed by atoms with Crippen LogP contribution in [0.25, 0.3) is 5.57 Å². The van der Waals surface area contributed by atoms with Gasteiger partial charge in [0.2, 0.25) is 0 Å². The van der Waals surface area contributed by atoms with Gasteiger partial charge in [0.05, 0.1) is 18.7 Å². The van der Waals surface area contributed by atoms with Crippen LogP contribution in [0.15, 0.2) is 47.4 Å². The third kappa shape index (κ3) is 3.68. The first-order valence-corrected chi connectivity index (χ1v) is 8.90. The second-order valence-corrected chi connectivity index (χ2v) is 7.05. The van der Waals surface area contributed by atoms with Crippen molar-refractivity contribution in [3.63, 3.8) is 0 Å². The summed E-state index contributed by atoms with van der Waals surface area (Å²) in [6.45, 7) is 0. The molecule has 0 unspecified atom stereocenters. The Labute approximate surface area is 145 Å². The Balaban J connectivity index is 2.97. The number of rotatable bonds is 4. The van der Waals surface area contributed by atoms with Gasteiger partial charge >= 0.3 is 0 Å². The molecule has 2 aromatic carbocycles. The van der Waals surface area contributed by atoms with E-state index in [2.05, 4.69) is 0 Å². The van der Waals surface area contributed by atoms with Gasteiger partial charge in [0.1, 0.15) is 17.6 Å². The molecule has 2 aromatic rings. The topological polar surface area (TPSA) is 90.9 Å². The Morgan fingerprint density at radius 3 is 2.32 bits per heavy atom. The molecule has 0 saturated heterocycles. The number of ether oxygens (including phenoxy) is 1. The lowest BCUT2D eigenvalue weighted by Crippen LogP contribution is -2.06. The van der Waals surface area contributed by atoms with Crippen molar-refractivity contribution >= 4 is 15.4 Å². The zero-order chi connectivity index (χ0) is 18.6. The summed E-state index contributed by atoms with van der Waals surface area (Å²) in [6.07, 6.45) is 0.878. The van der Waals surface area contributed by atoms with E-state index in [4.69, 9.17) is 10.00 Å². The van der Waals surface area contributed by atoms with Crippen LogP contribution in [0, 0.1) is 28.5 Å². The number of methoxy groups -OCH3 is 1. The first-order chi connectivity index (χ1) is 11.8. The Morgan fingerprint density at radius 2 is 1.80 bits per heavy atom. The average Bonchev–Trinajstić information content (AvgIpc) is 2.58. The number of hydrogen-bond donors (Lipinski definition) is 0. The summed E-state index contributed by atoms with van der Waals surface area (Å²) < 4.78 is 44.0. The summed E-state index contributed by atoms with van der Waals surface area (Å²) in [6, 6.07) is 13.5. The van der Waals surface area contributed by atoms with Gasteiger partial charge in [0, 0.05) is 23.0 Å². The van der Waals surface area contributed by atoms with Gasteiger partial charge in [-0.15, -0.1) is 0 Å². The van der Waals surface area contributed by atoms with Crippen molar-refractivity contribution in [1.29, 1.82) is 10.5 Å². The highest BCUT2D eigenvalue weighted by molar-refractivity contribution is 7.95. The van der Waals surface area contributed by atoms with E-state index in [1.54, 1.807) is 30.3 Å². The maximum absolute atomic E-state index is 14.6. The Hall–Kier alpha value is -3.16. The van der Waals surface area contributed by atoms with Gasteiger partial charge in [-0.25, -0.2) is 12.8 Å². The summed E-state index contributed by atoms with van der Waals surface area (Å²) in [5, 5.41) is 18.3. The number of allylic oxidation sites excluding steroid dienone is 1. The van der Waals surface area contributed by atoms with Crippen molar-refractivity contribution in [2.75, 3.05) is 13.4 Å². The van der Waals surface area contributed by atoms with E-state index in [-0.39, 0.29) is 28.0 Å². The van der Waals surface area contributed by atoms with Crippen LogP contribution in [-0.4, -0.2) is 21.8 Å². The Kier molecular flexibility index (Phi) is 5.21. The summed E-state index contributed by atoms with van der Waals surface area (Å²) in [4.78, 5) is -0.583. The standard InChI is InChI=1S/C18H13FN2O3S/c1-24-16-6-4-3-5-14(16)18(17(11-21)25(2,22)23)13-8-7-12(10-20)9-15(13)19/h3-9H,1-2H3. The molecule has 0 bridgehead atoms. The van der Waals surface area contributed by atoms with Crippen molar-refractivity contribution in [2.45, 2.75) is 0 Å². The second kappa shape index (κ2) is 7.16. The summed E-state index contributed by atoms with van der Waals surface area (Å²) in [5.41, 5.74) is 0.129. The second-order valence-electron chi connectivity index (χ2n) is 5.09. The van der Waals surface area contributed by atoms with Crippen LogP contribution >= 0.6 is 0 Å². The quantitative estimate of drug-likeness (QED) is 0.785. The smallest absolute Gasteiger partial charge is 0.186 e. The van der Waals surface area contributed by atoms with Gasteiger partial charge in [-0.3, -0.25) is 0 Å². The zero-order valence-corrected chi connectivity index (χ0v) is 14.3. The third-order valence-electron chi connectivity index (χ3n) is 3.44. The number of nitriles is 2. The highest BCUT2D eigenvalue weighted by atomic mass is 32.2. The monoisotopic (exact) mass is 356 g/mol. The Bertz CT molecular complexity index is 1040. The van der Waals surface area contributed by atoms with E-state index in [1.807, 2.05) is 0 Å². The number of para-hydroxylation sites is 1. The van der Waals surface area contributed by atoms with Gasteiger partial charge in [0.25, 0.3) is 0 Å². The fourth-order valence-corrected chi connectivity index (χ4v) is 3.11. The molecule has 126 valence electrons. The van der Waals surface area contributed by atoms with Crippen LogP contribution in [0.2, 0.25) is 0 Å². The minimum absolute atomic E-state index is 0.0819. The molecule has 0 fully saturated rings. The molecule has 25 heavy (non-hydrogen) atoms. The van der Waals surface area contributed by atoms with Crippen molar-refractivity contribution in [3.8, 4) is 17.9 Å². The van der Waals surface area contributed by atoms with Crippen LogP contribution < -0.4 is 4.74 Å². The predicted octanol–water partition coefficient (Wildman–Crippen LogP) is 3.03. The molecule has 0 aromatic heterocycles. The molecule has 0 N–H and O–H groups in total. The highest BCUT2D eigenvalue weighted by Crippen LogP contribution is 2.36. The van der Waals surface area contributed by atoms with Gasteiger partial charge in [-0.05, 0) is 18.2 Å². The molecular formula is C18H13FN2O3S. The molecular weight excluding hydrogens is 343 g/mol. The van der Waals surface area contributed by atoms with Gasteiger partial charge in [0.15, 0.2) is 14.7 Å². The molecule has 7 heteroatoms. The average molecular weight is 356 g/mol. The normalized spacial score (nSPS) is 11.9. The molecule has 0 aliphatic carbocycles. The van der Waals surface area contributed by atoms with Crippen LogP contribution in [0.1, 0.15) is 16.7 Å². The molecule has 0 atom stereocenters. The molecule has 0 heterocycles. The van der Waals surface area contributed by atoms with E-state index >= 15 is 0 Å². The van der Waals surface area contributed by atoms with Crippen molar-refractivity contribution < 1.29 is 17.5 Å². The van der Waals surface area contributed by atoms with Gasteiger partial charge < -0.3 is 4.74 Å². The maximum atomic E-state index is 14.6. The van der Waals surface area contributed by atoms with Crippen molar-refractivity contribution in [2.24, 2.45) is 0 Å². The van der Waals surface area contributed by atoms with E-state index in [9.17, 15) is 18.1 Å². The molecule has 0 saturated carbocycles. The van der Waals surface area contributed by atoms with Gasteiger partial charge in [-0.2, -0.15) is 10.5 Å². The lowest BCUT2D eigenvalue weighted by Gasteiger charge is -2.15. The fraction of sp³-hybridized carbons (Fsp3) is 0.111. The number of benzene rings is 2. The predicted molar refractivity (Wildman–Crippen MR) is 90.6 cm³/mol. The van der Waals surface area contributed by atoms with E-state index in [0.29, 0.717) is 0 Å². The number of halogens is 1. The van der Waals surface area contributed by atoms with E-state index in [1.165, 1.54) is 25.3 Å². The minimum Gasteiger partial charge on any atom is -0.496 e. The Morgan fingerprint density at radius 1 is 1.12 bits per heavy atom. The number of sulfone groups is 1. The SMILES string of the molecule is COc1ccccc1C(=C(C#N)S(C)(=O)=O)c1ccc(C#N)cc1F. The fourth-order valence-electron chi connectivity index (χ4n) is 2.35. The third-order valence-corrected chi connectivity index (χ3v) is 4.48. The van der Waals surface area contributed by atoms with Crippen LogP contribution in [0.3, 0.4) is 0 Å². The lowest BCUT2D eigenvalue weighted by molar-refractivity contribution is 0.413. The molecule has 0 spiro atoms. The number of hydrogen-bond acceptors (Lipinski definition) is 5. The number of nitrogens with zero attached hydrogens (tertiary/aromatic N) is 2.